The van der Waals surface area contributed by atoms with Crippen molar-refractivity contribution >= 4 is 11.6 Å². The Bertz CT molecular complexity index is 172. The fraction of sp³-hybridized carbons (Fsp3) is 0.778. The smallest absolute Gasteiger partial charge is 0.201 e. The van der Waals surface area contributed by atoms with Gasteiger partial charge in [-0.05, 0) is 19.3 Å². The molecule has 1 saturated carbocycles. The molecule has 0 aromatic rings. The first-order valence-electron chi connectivity index (χ1n) is 4.32. The first-order valence-corrected chi connectivity index (χ1v) is 4.32. The summed E-state index contributed by atoms with van der Waals surface area (Å²) in [4.78, 5) is 22.3. The van der Waals surface area contributed by atoms with Crippen molar-refractivity contribution in [1.29, 1.82) is 0 Å². The maximum absolute atomic E-state index is 11.2. The molecule has 1 unspecified atom stereocenters. The molecule has 0 radical (unpaired) electrons. The lowest BCUT2D eigenvalue weighted by molar-refractivity contribution is -0.138. The Labute approximate surface area is 67.0 Å². The molecular weight excluding hydrogens is 140 g/mol. The molecular formula is C9H14O2. The van der Waals surface area contributed by atoms with E-state index in [0.717, 1.165) is 25.7 Å². The van der Waals surface area contributed by atoms with E-state index < -0.39 is 0 Å². The van der Waals surface area contributed by atoms with Crippen LogP contribution in [0.3, 0.4) is 0 Å². The summed E-state index contributed by atoms with van der Waals surface area (Å²) in [5, 5.41) is 0. The highest BCUT2D eigenvalue weighted by Crippen LogP contribution is 2.20. The highest BCUT2D eigenvalue weighted by molar-refractivity contribution is 6.38. The summed E-state index contributed by atoms with van der Waals surface area (Å²) in [7, 11) is 0. The van der Waals surface area contributed by atoms with Crippen molar-refractivity contribution in [2.24, 2.45) is 5.92 Å². The lowest BCUT2D eigenvalue weighted by Gasteiger charge is -2.06. The van der Waals surface area contributed by atoms with E-state index in [-0.39, 0.29) is 17.5 Å². The summed E-state index contributed by atoms with van der Waals surface area (Å²) in [5.74, 6) is -0.232. The number of Topliss-reactive ketones (excluding diaryl/α,β-unsaturated/α-hetero) is 2. The molecule has 1 aliphatic rings. The van der Waals surface area contributed by atoms with Crippen LogP contribution in [0.5, 0.6) is 0 Å². The zero-order valence-corrected chi connectivity index (χ0v) is 6.93. The van der Waals surface area contributed by atoms with Crippen LogP contribution >= 0.6 is 0 Å². The lowest BCUT2D eigenvalue weighted by atomic mass is 9.96. The molecule has 0 spiro atoms. The number of carbonyl (C=O) groups is 2. The minimum absolute atomic E-state index is 0.0324. The third-order valence-electron chi connectivity index (χ3n) is 2.34. The van der Waals surface area contributed by atoms with Crippen LogP contribution in [0, 0.1) is 5.92 Å². The first-order chi connectivity index (χ1) is 5.25. The SMILES string of the molecule is CCC1CCCCC(=O)C1=O. The van der Waals surface area contributed by atoms with E-state index in [1.165, 1.54) is 0 Å². The molecule has 0 saturated heterocycles. The Morgan fingerprint density at radius 1 is 1.36 bits per heavy atom. The van der Waals surface area contributed by atoms with Crippen LogP contribution < -0.4 is 0 Å². The standard InChI is InChI=1S/C9H14O2/c1-2-7-5-3-4-6-8(10)9(7)11/h7H,2-6H2,1H3. The van der Waals surface area contributed by atoms with Gasteiger partial charge in [-0.25, -0.2) is 0 Å². The van der Waals surface area contributed by atoms with Crippen molar-refractivity contribution < 1.29 is 9.59 Å². The Hall–Kier alpha value is -0.660. The Kier molecular flexibility index (Phi) is 2.80. The van der Waals surface area contributed by atoms with E-state index in [4.69, 9.17) is 0 Å². The molecule has 1 fully saturated rings. The van der Waals surface area contributed by atoms with Gasteiger partial charge in [0.15, 0.2) is 5.78 Å². The molecule has 1 rings (SSSR count). The quantitative estimate of drug-likeness (QED) is 0.425. The Morgan fingerprint density at radius 2 is 2.09 bits per heavy atom. The van der Waals surface area contributed by atoms with Crippen molar-refractivity contribution in [2.75, 3.05) is 0 Å². The monoisotopic (exact) mass is 154 g/mol. The van der Waals surface area contributed by atoms with Crippen molar-refractivity contribution in [2.45, 2.75) is 39.0 Å². The molecule has 2 heteroatoms. The maximum atomic E-state index is 11.2. The third-order valence-corrected chi connectivity index (χ3v) is 2.34. The van der Waals surface area contributed by atoms with Crippen LogP contribution in [0.25, 0.3) is 0 Å². The van der Waals surface area contributed by atoms with E-state index in [9.17, 15) is 9.59 Å². The molecule has 0 bridgehead atoms. The van der Waals surface area contributed by atoms with Crippen LogP contribution in [0.4, 0.5) is 0 Å². The summed E-state index contributed by atoms with van der Waals surface area (Å²) >= 11 is 0. The molecule has 0 amide bonds. The molecule has 0 aromatic carbocycles. The lowest BCUT2D eigenvalue weighted by Crippen LogP contribution is -2.20. The summed E-state index contributed by atoms with van der Waals surface area (Å²) in [6.07, 6.45) is 4.16. The van der Waals surface area contributed by atoms with Crippen molar-refractivity contribution in [3.8, 4) is 0 Å². The fourth-order valence-electron chi connectivity index (χ4n) is 1.55. The first kappa shape index (κ1) is 8.44. The van der Waals surface area contributed by atoms with Crippen molar-refractivity contribution in [3.63, 3.8) is 0 Å². The van der Waals surface area contributed by atoms with Gasteiger partial charge in [0.05, 0.1) is 0 Å². The van der Waals surface area contributed by atoms with E-state index >= 15 is 0 Å². The molecule has 1 atom stereocenters. The van der Waals surface area contributed by atoms with Crippen LogP contribution in [-0.4, -0.2) is 11.6 Å². The number of hydrogen-bond acceptors (Lipinski definition) is 2. The fourth-order valence-corrected chi connectivity index (χ4v) is 1.55. The van der Waals surface area contributed by atoms with E-state index in [1.54, 1.807) is 0 Å². The van der Waals surface area contributed by atoms with Gasteiger partial charge >= 0.3 is 0 Å². The third kappa shape index (κ3) is 1.88. The summed E-state index contributed by atoms with van der Waals surface area (Å²) in [5.41, 5.74) is 0. The molecule has 11 heavy (non-hydrogen) atoms. The molecule has 0 aliphatic heterocycles. The Balaban J connectivity index is 2.64. The van der Waals surface area contributed by atoms with Gasteiger partial charge < -0.3 is 0 Å². The molecule has 0 N–H and O–H groups in total. The number of rotatable bonds is 1. The maximum Gasteiger partial charge on any atom is 0.201 e. The molecule has 2 nitrogen and oxygen atoms in total. The topological polar surface area (TPSA) is 34.1 Å². The molecule has 0 aromatic heterocycles. The minimum atomic E-state index is -0.144. The normalized spacial score (nSPS) is 26.8. The predicted molar refractivity (Wildman–Crippen MR) is 42.3 cm³/mol. The number of hydrogen-bond donors (Lipinski definition) is 0. The molecule has 0 heterocycles. The van der Waals surface area contributed by atoms with E-state index in [0.29, 0.717) is 6.42 Å². The van der Waals surface area contributed by atoms with Crippen LogP contribution in [0.2, 0.25) is 0 Å². The second-order valence-corrected chi connectivity index (χ2v) is 3.14. The predicted octanol–water partition coefficient (Wildman–Crippen LogP) is 1.72. The van der Waals surface area contributed by atoms with Crippen LogP contribution in [0.1, 0.15) is 39.0 Å². The average Bonchev–Trinajstić information content (AvgIpc) is 2.16. The minimum Gasteiger partial charge on any atom is -0.291 e. The van der Waals surface area contributed by atoms with Gasteiger partial charge in [-0.15, -0.1) is 0 Å². The number of ketones is 2. The summed E-state index contributed by atoms with van der Waals surface area (Å²) < 4.78 is 0. The zero-order chi connectivity index (χ0) is 8.27. The molecule has 62 valence electrons. The van der Waals surface area contributed by atoms with Gasteiger partial charge in [0.25, 0.3) is 0 Å². The highest BCUT2D eigenvalue weighted by Gasteiger charge is 2.25. The largest absolute Gasteiger partial charge is 0.291 e. The molecule has 1 aliphatic carbocycles. The van der Waals surface area contributed by atoms with Gasteiger partial charge in [-0.2, -0.15) is 0 Å². The zero-order valence-electron chi connectivity index (χ0n) is 6.93. The van der Waals surface area contributed by atoms with Gasteiger partial charge in [0, 0.05) is 12.3 Å². The van der Waals surface area contributed by atoms with Gasteiger partial charge in [-0.3, -0.25) is 9.59 Å². The van der Waals surface area contributed by atoms with E-state index in [2.05, 4.69) is 0 Å². The number of carbonyl (C=O) groups excluding carboxylic acids is 2. The Morgan fingerprint density at radius 3 is 2.73 bits per heavy atom. The van der Waals surface area contributed by atoms with E-state index in [1.807, 2.05) is 6.92 Å². The van der Waals surface area contributed by atoms with Gasteiger partial charge in [0.1, 0.15) is 0 Å². The summed E-state index contributed by atoms with van der Waals surface area (Å²) in [6.45, 7) is 1.97. The van der Waals surface area contributed by atoms with Gasteiger partial charge in [-0.1, -0.05) is 13.3 Å². The second-order valence-electron chi connectivity index (χ2n) is 3.14. The highest BCUT2D eigenvalue weighted by atomic mass is 16.2. The average molecular weight is 154 g/mol. The van der Waals surface area contributed by atoms with Crippen molar-refractivity contribution in [3.05, 3.63) is 0 Å². The van der Waals surface area contributed by atoms with Crippen molar-refractivity contribution in [1.82, 2.24) is 0 Å². The summed E-state index contributed by atoms with van der Waals surface area (Å²) in [6, 6.07) is 0. The van der Waals surface area contributed by atoms with Crippen LogP contribution in [0.15, 0.2) is 0 Å². The second kappa shape index (κ2) is 3.65. The van der Waals surface area contributed by atoms with Gasteiger partial charge in [0.2, 0.25) is 5.78 Å². The van der Waals surface area contributed by atoms with Crippen LogP contribution in [-0.2, 0) is 9.59 Å².